The lowest BCUT2D eigenvalue weighted by atomic mass is 9.96. The van der Waals surface area contributed by atoms with Crippen molar-refractivity contribution in [1.82, 2.24) is 4.90 Å². The van der Waals surface area contributed by atoms with Crippen LogP contribution < -0.4 is 5.73 Å². The highest BCUT2D eigenvalue weighted by Gasteiger charge is 2.22. The van der Waals surface area contributed by atoms with Crippen LogP contribution in [0, 0.1) is 11.7 Å². The molecule has 1 fully saturated rings. The molecule has 1 saturated heterocycles. The van der Waals surface area contributed by atoms with Gasteiger partial charge in [-0.1, -0.05) is 11.6 Å². The van der Waals surface area contributed by atoms with Gasteiger partial charge < -0.3 is 10.6 Å². The molecule has 0 aliphatic carbocycles. The van der Waals surface area contributed by atoms with Crippen LogP contribution in [0.3, 0.4) is 0 Å². The van der Waals surface area contributed by atoms with Crippen LogP contribution in [0.25, 0.3) is 0 Å². The number of halogens is 3. The van der Waals surface area contributed by atoms with Crippen molar-refractivity contribution in [3.63, 3.8) is 0 Å². The normalized spacial score (nSPS) is 15.8. The second-order valence-electron chi connectivity index (χ2n) is 5.01. The van der Waals surface area contributed by atoms with E-state index in [1.54, 1.807) is 6.07 Å². The van der Waals surface area contributed by atoms with E-state index < -0.39 is 5.82 Å². The van der Waals surface area contributed by atoms with Crippen LogP contribution in [0.1, 0.15) is 18.4 Å². The number of piperidine rings is 1. The average Bonchev–Trinajstić information content (AvgIpc) is 2.37. The first-order valence-corrected chi connectivity index (χ1v) is 6.89. The summed E-state index contributed by atoms with van der Waals surface area (Å²) < 4.78 is 13.2. The zero-order chi connectivity index (χ0) is 13.8. The smallest absolute Gasteiger partial charge is 0.226 e. The number of carbonyl (C=O) groups is 1. The predicted octanol–water partition coefficient (Wildman–Crippen LogP) is 2.64. The number of likely N-dealkylation sites (tertiary alicyclic amines) is 1. The van der Waals surface area contributed by atoms with E-state index in [0.29, 0.717) is 23.0 Å². The van der Waals surface area contributed by atoms with E-state index in [1.807, 2.05) is 4.90 Å². The molecule has 1 aliphatic rings. The molecule has 1 aliphatic heterocycles. The molecule has 1 aromatic rings. The van der Waals surface area contributed by atoms with Crippen molar-refractivity contribution >= 4 is 29.9 Å². The number of benzene rings is 1. The van der Waals surface area contributed by atoms with Gasteiger partial charge in [0.15, 0.2) is 0 Å². The summed E-state index contributed by atoms with van der Waals surface area (Å²) >= 11 is 5.78. The molecule has 2 N–H and O–H groups in total. The molecule has 0 aromatic heterocycles. The van der Waals surface area contributed by atoms with Crippen molar-refractivity contribution in [3.8, 4) is 0 Å². The zero-order valence-corrected chi connectivity index (χ0v) is 12.7. The van der Waals surface area contributed by atoms with Crippen molar-refractivity contribution in [2.75, 3.05) is 19.6 Å². The Labute approximate surface area is 129 Å². The minimum absolute atomic E-state index is 0. The molecule has 6 heteroatoms. The van der Waals surface area contributed by atoms with Gasteiger partial charge in [0.1, 0.15) is 5.82 Å². The lowest BCUT2D eigenvalue weighted by Gasteiger charge is -2.31. The molecule has 0 atom stereocenters. The van der Waals surface area contributed by atoms with Crippen LogP contribution >= 0.6 is 24.0 Å². The number of nitrogens with two attached hydrogens (primary N) is 1. The molecule has 0 unspecified atom stereocenters. The first-order chi connectivity index (χ1) is 9.08. The SMILES string of the molecule is Cl.NCC1CCN(C(=O)Cc2cc(F)cc(Cl)c2)CC1. The standard InChI is InChI=1S/C14H18ClFN2O.ClH/c15-12-5-11(6-13(16)8-12)7-14(19)18-3-1-10(9-17)2-4-18;/h5-6,8,10H,1-4,7,9,17H2;1H. The van der Waals surface area contributed by atoms with E-state index in [0.717, 1.165) is 25.9 Å². The Bertz CT molecular complexity index is 442. The molecule has 112 valence electrons. The topological polar surface area (TPSA) is 46.3 Å². The Morgan fingerprint density at radius 1 is 1.35 bits per heavy atom. The second kappa shape index (κ2) is 7.81. The average molecular weight is 321 g/mol. The first kappa shape index (κ1) is 17.2. The highest BCUT2D eigenvalue weighted by molar-refractivity contribution is 6.30. The summed E-state index contributed by atoms with van der Waals surface area (Å²) in [7, 11) is 0. The molecule has 20 heavy (non-hydrogen) atoms. The molecule has 1 amide bonds. The van der Waals surface area contributed by atoms with E-state index >= 15 is 0 Å². The van der Waals surface area contributed by atoms with Gasteiger partial charge in [-0.25, -0.2) is 4.39 Å². The Kier molecular flexibility index (Phi) is 6.72. The quantitative estimate of drug-likeness (QED) is 0.930. The highest BCUT2D eigenvalue weighted by atomic mass is 35.5. The summed E-state index contributed by atoms with van der Waals surface area (Å²) in [6.45, 7) is 2.16. The van der Waals surface area contributed by atoms with E-state index in [-0.39, 0.29) is 24.7 Å². The summed E-state index contributed by atoms with van der Waals surface area (Å²) in [5.41, 5.74) is 6.24. The molecule has 3 nitrogen and oxygen atoms in total. The highest BCUT2D eigenvalue weighted by Crippen LogP contribution is 2.18. The zero-order valence-electron chi connectivity index (χ0n) is 11.1. The summed E-state index contributed by atoms with van der Waals surface area (Å²) in [4.78, 5) is 13.9. The monoisotopic (exact) mass is 320 g/mol. The van der Waals surface area contributed by atoms with Crippen molar-refractivity contribution in [2.45, 2.75) is 19.3 Å². The van der Waals surface area contributed by atoms with Crippen molar-refractivity contribution in [2.24, 2.45) is 11.7 Å². The van der Waals surface area contributed by atoms with Crippen LogP contribution in [-0.4, -0.2) is 30.4 Å². The molecule has 1 aromatic carbocycles. The molecular formula is C14H19Cl2FN2O. The molecule has 2 rings (SSSR count). The number of amides is 1. The number of hydrogen-bond donors (Lipinski definition) is 1. The van der Waals surface area contributed by atoms with Crippen LogP contribution in [0.4, 0.5) is 4.39 Å². The lowest BCUT2D eigenvalue weighted by Crippen LogP contribution is -2.40. The summed E-state index contributed by atoms with van der Waals surface area (Å²) in [6, 6.07) is 4.23. The van der Waals surface area contributed by atoms with Gasteiger partial charge in [-0.3, -0.25) is 4.79 Å². The van der Waals surface area contributed by atoms with Gasteiger partial charge >= 0.3 is 0 Å². The maximum Gasteiger partial charge on any atom is 0.226 e. The number of nitrogens with zero attached hydrogens (tertiary/aromatic N) is 1. The van der Waals surface area contributed by atoms with Crippen molar-refractivity contribution in [3.05, 3.63) is 34.6 Å². The van der Waals surface area contributed by atoms with Crippen molar-refractivity contribution < 1.29 is 9.18 Å². The third kappa shape index (κ3) is 4.62. The minimum atomic E-state index is -0.405. The van der Waals surface area contributed by atoms with Gasteiger partial charge in [-0.05, 0) is 49.1 Å². The van der Waals surface area contributed by atoms with Gasteiger partial charge in [0.05, 0.1) is 6.42 Å². The van der Waals surface area contributed by atoms with E-state index in [4.69, 9.17) is 17.3 Å². The summed E-state index contributed by atoms with van der Waals surface area (Å²) in [5.74, 6) is 0.141. The van der Waals surface area contributed by atoms with Crippen LogP contribution in [0.15, 0.2) is 18.2 Å². The summed E-state index contributed by atoms with van der Waals surface area (Å²) in [6.07, 6.45) is 2.10. The van der Waals surface area contributed by atoms with Gasteiger partial charge in [-0.15, -0.1) is 12.4 Å². The van der Waals surface area contributed by atoms with E-state index in [9.17, 15) is 9.18 Å². The van der Waals surface area contributed by atoms with Gasteiger partial charge in [0.2, 0.25) is 5.91 Å². The largest absolute Gasteiger partial charge is 0.342 e. The van der Waals surface area contributed by atoms with Gasteiger partial charge in [0, 0.05) is 18.1 Å². The minimum Gasteiger partial charge on any atom is -0.342 e. The van der Waals surface area contributed by atoms with Crippen LogP contribution in [-0.2, 0) is 11.2 Å². The molecule has 0 spiro atoms. The predicted molar refractivity (Wildman–Crippen MR) is 80.7 cm³/mol. The van der Waals surface area contributed by atoms with E-state index in [1.165, 1.54) is 12.1 Å². The molecular weight excluding hydrogens is 302 g/mol. The Hall–Kier alpha value is -0.840. The fourth-order valence-corrected chi connectivity index (χ4v) is 2.66. The molecule has 0 bridgehead atoms. The first-order valence-electron chi connectivity index (χ1n) is 6.51. The van der Waals surface area contributed by atoms with Crippen molar-refractivity contribution in [1.29, 1.82) is 0 Å². The summed E-state index contributed by atoms with van der Waals surface area (Å²) in [5, 5.41) is 0.324. The Morgan fingerprint density at radius 3 is 2.55 bits per heavy atom. The van der Waals surface area contributed by atoms with E-state index in [2.05, 4.69) is 0 Å². The molecule has 0 radical (unpaired) electrons. The third-order valence-corrected chi connectivity index (χ3v) is 3.80. The number of rotatable bonds is 3. The molecule has 1 heterocycles. The van der Waals surface area contributed by atoms with Gasteiger partial charge in [0.25, 0.3) is 0 Å². The fraction of sp³-hybridized carbons (Fsp3) is 0.500. The Morgan fingerprint density at radius 2 is 2.00 bits per heavy atom. The Balaban J connectivity index is 0.00000200. The van der Waals surface area contributed by atoms with Crippen LogP contribution in [0.5, 0.6) is 0 Å². The number of hydrogen-bond acceptors (Lipinski definition) is 2. The number of carbonyl (C=O) groups excluding carboxylic acids is 1. The second-order valence-corrected chi connectivity index (χ2v) is 5.45. The van der Waals surface area contributed by atoms with Crippen LogP contribution in [0.2, 0.25) is 5.02 Å². The third-order valence-electron chi connectivity index (χ3n) is 3.58. The maximum atomic E-state index is 13.2. The van der Waals surface area contributed by atoms with Gasteiger partial charge in [-0.2, -0.15) is 0 Å². The fourth-order valence-electron chi connectivity index (χ4n) is 2.42. The lowest BCUT2D eigenvalue weighted by molar-refractivity contribution is -0.131. The molecule has 0 saturated carbocycles. The maximum absolute atomic E-state index is 13.2.